The molecule has 0 aromatic heterocycles. The maximum absolute atomic E-state index is 12.4. The van der Waals surface area contributed by atoms with Gasteiger partial charge in [0.25, 0.3) is 0 Å². The standard InChI is InChI=1S/C102H92O14/c1-71-6-14-75(15-7-71)59-105-90-44-26-81(27-45-90)65-113-98-52-34-85(54-100(98)115-67-83-30-48-92(49-31-83)107-61-77-18-10-73(3)11-19-77)69-109-94-40-22-79(23-41-94)63-111-96-56-89(87-36-38-88(39-37-87)102(103)104-5)57-97(58-96)112-64-80-24-42-95(43-25-80)110-70-86-35-53-99(114-66-82-28-46-91(47-29-82)106-60-76-16-8-72(2)9-17-76)101(55-86)116-68-84-32-50-93(51-33-84)108-62-78-20-12-74(4)13-21-78/h6-58H,59-70H2,1-5H3. The molecular formula is C102H92O14. The molecule has 0 aliphatic carbocycles. The fraction of sp³-hybridized carbons (Fsp3) is 0.167. The Morgan fingerprint density at radius 3 is 0.647 bits per heavy atom. The Kier molecular flexibility index (Phi) is 26.9. The van der Waals surface area contributed by atoms with Crippen molar-refractivity contribution in [1.29, 1.82) is 0 Å². The summed E-state index contributed by atoms with van der Waals surface area (Å²) in [6.45, 7) is 12.6. The monoisotopic (exact) mass is 1540 g/mol. The third kappa shape index (κ3) is 23.6. The van der Waals surface area contributed by atoms with Crippen LogP contribution in [0.15, 0.2) is 322 Å². The fourth-order valence-electron chi connectivity index (χ4n) is 12.4. The summed E-state index contributed by atoms with van der Waals surface area (Å²) in [5.41, 5.74) is 19.0. The summed E-state index contributed by atoms with van der Waals surface area (Å²) >= 11 is 0. The van der Waals surface area contributed by atoms with Crippen LogP contribution in [0.5, 0.6) is 69.0 Å². The highest BCUT2D eigenvalue weighted by Crippen LogP contribution is 2.36. The molecule has 0 fully saturated rings. The minimum atomic E-state index is -0.418. The van der Waals surface area contributed by atoms with Crippen molar-refractivity contribution in [1.82, 2.24) is 0 Å². The van der Waals surface area contributed by atoms with Crippen LogP contribution in [0.2, 0.25) is 0 Å². The molecule has 116 heavy (non-hydrogen) atoms. The van der Waals surface area contributed by atoms with E-state index in [0.29, 0.717) is 104 Å². The number of aryl methyl sites for hydroxylation is 4. The molecular weight excluding hydrogens is 1450 g/mol. The molecule has 0 aliphatic rings. The van der Waals surface area contributed by atoms with E-state index in [0.717, 1.165) is 101 Å². The highest BCUT2D eigenvalue weighted by Gasteiger charge is 2.16. The second-order valence-corrected chi connectivity index (χ2v) is 28.6. The number of ether oxygens (including phenoxy) is 13. The van der Waals surface area contributed by atoms with Gasteiger partial charge < -0.3 is 61.6 Å². The van der Waals surface area contributed by atoms with Crippen LogP contribution >= 0.6 is 0 Å². The fourth-order valence-corrected chi connectivity index (χ4v) is 12.4. The van der Waals surface area contributed by atoms with E-state index in [2.05, 4.69) is 125 Å². The van der Waals surface area contributed by atoms with Gasteiger partial charge in [0.1, 0.15) is 125 Å². The number of hydrogen-bond donors (Lipinski definition) is 0. The van der Waals surface area contributed by atoms with Crippen LogP contribution in [0.4, 0.5) is 0 Å². The third-order valence-electron chi connectivity index (χ3n) is 19.4. The van der Waals surface area contributed by atoms with Gasteiger partial charge in [-0.05, 0) is 227 Å². The SMILES string of the molecule is COC(=O)c1ccc(-c2cc(OCc3ccc(OCc4ccc(OCc5ccc(OCc6ccc(C)cc6)cc5)c(OCc5ccc(OCc6ccc(C)cc6)cc5)c4)cc3)cc(OCc3ccc(OCc4ccc(OCc5ccc(OCc6ccc(C)cc6)cc5)c(OCc5ccc(OCc6ccc(C)cc6)cc5)c4)cc3)c2)cc1. The molecule has 0 bridgehead atoms. The maximum Gasteiger partial charge on any atom is 0.337 e. The number of rotatable bonds is 38. The Morgan fingerprint density at radius 1 is 0.190 bits per heavy atom. The summed E-state index contributed by atoms with van der Waals surface area (Å²) in [5.74, 6) is 7.62. The van der Waals surface area contributed by atoms with E-state index in [9.17, 15) is 4.79 Å². The van der Waals surface area contributed by atoms with Gasteiger partial charge in [0, 0.05) is 6.07 Å². The van der Waals surface area contributed by atoms with E-state index < -0.39 is 5.97 Å². The van der Waals surface area contributed by atoms with Gasteiger partial charge in [0.2, 0.25) is 0 Å². The smallest absolute Gasteiger partial charge is 0.337 e. The zero-order valence-corrected chi connectivity index (χ0v) is 65.8. The molecule has 0 heterocycles. The Balaban J connectivity index is 0.596. The van der Waals surface area contributed by atoms with Crippen molar-refractivity contribution in [3.05, 3.63) is 416 Å². The molecule has 14 heteroatoms. The average Bonchev–Trinajstić information content (AvgIpc) is 0.819. The van der Waals surface area contributed by atoms with Crippen molar-refractivity contribution in [2.45, 2.75) is 107 Å². The second-order valence-electron chi connectivity index (χ2n) is 28.6. The zero-order valence-electron chi connectivity index (χ0n) is 65.8. The first-order valence-corrected chi connectivity index (χ1v) is 38.7. The van der Waals surface area contributed by atoms with Gasteiger partial charge in [-0.15, -0.1) is 0 Å². The highest BCUT2D eigenvalue weighted by molar-refractivity contribution is 5.90. The average molecular weight is 1540 g/mol. The molecule has 14 aromatic rings. The minimum Gasteiger partial charge on any atom is -0.489 e. The van der Waals surface area contributed by atoms with E-state index >= 15 is 0 Å². The zero-order chi connectivity index (χ0) is 79.6. The lowest BCUT2D eigenvalue weighted by atomic mass is 10.0. The van der Waals surface area contributed by atoms with Gasteiger partial charge in [-0.2, -0.15) is 0 Å². The lowest BCUT2D eigenvalue weighted by molar-refractivity contribution is 0.0600. The van der Waals surface area contributed by atoms with Crippen molar-refractivity contribution < 1.29 is 66.4 Å². The lowest BCUT2D eigenvalue weighted by Crippen LogP contribution is -2.03. The first-order valence-electron chi connectivity index (χ1n) is 38.7. The Hall–Kier alpha value is -13.9. The number of carbonyl (C=O) groups excluding carboxylic acids is 1. The van der Waals surface area contributed by atoms with Crippen LogP contribution in [0.3, 0.4) is 0 Å². The number of esters is 1. The molecule has 14 nitrogen and oxygen atoms in total. The van der Waals surface area contributed by atoms with Crippen molar-refractivity contribution >= 4 is 5.97 Å². The topological polar surface area (TPSA) is 137 Å². The van der Waals surface area contributed by atoms with Crippen LogP contribution in [-0.4, -0.2) is 13.1 Å². The van der Waals surface area contributed by atoms with E-state index in [1.807, 2.05) is 212 Å². The first kappa shape index (κ1) is 78.8. The van der Waals surface area contributed by atoms with Crippen LogP contribution in [-0.2, 0) is 84.0 Å². The Labute approximate surface area is 678 Å². The van der Waals surface area contributed by atoms with E-state index in [-0.39, 0.29) is 26.4 Å². The molecule has 0 atom stereocenters. The van der Waals surface area contributed by atoms with Gasteiger partial charge >= 0.3 is 5.97 Å². The van der Waals surface area contributed by atoms with Crippen molar-refractivity contribution in [3.63, 3.8) is 0 Å². The molecule has 14 aromatic carbocycles. The largest absolute Gasteiger partial charge is 0.489 e. The third-order valence-corrected chi connectivity index (χ3v) is 19.4. The Bertz CT molecular complexity index is 5130. The first-order chi connectivity index (χ1) is 56.8. The molecule has 0 saturated heterocycles. The molecule has 0 amide bonds. The summed E-state index contributed by atoms with van der Waals surface area (Å²) in [6.07, 6.45) is 0. The summed E-state index contributed by atoms with van der Waals surface area (Å²) < 4.78 is 81.2. The van der Waals surface area contributed by atoms with Crippen LogP contribution < -0.4 is 56.8 Å². The summed E-state index contributed by atoms with van der Waals surface area (Å²) in [7, 11) is 1.37. The van der Waals surface area contributed by atoms with Crippen LogP contribution in [0.1, 0.15) is 99.4 Å². The number of methoxy groups -OCH3 is 1. The molecule has 0 aliphatic heterocycles. The predicted molar refractivity (Wildman–Crippen MR) is 451 cm³/mol. The molecule has 0 unspecified atom stereocenters. The summed E-state index contributed by atoms with van der Waals surface area (Å²) in [5, 5.41) is 0. The normalized spacial score (nSPS) is 10.9. The molecule has 14 rings (SSSR count). The molecule has 0 saturated carbocycles. The lowest BCUT2D eigenvalue weighted by Gasteiger charge is -2.16. The van der Waals surface area contributed by atoms with Gasteiger partial charge in [-0.3, -0.25) is 0 Å². The Morgan fingerprint density at radius 2 is 0.397 bits per heavy atom. The molecule has 584 valence electrons. The number of hydrogen-bond acceptors (Lipinski definition) is 14. The van der Waals surface area contributed by atoms with Gasteiger partial charge in [-0.1, -0.05) is 216 Å². The molecule has 0 radical (unpaired) electrons. The summed E-state index contributed by atoms with van der Waals surface area (Å²) in [6, 6.07) is 106. The molecule has 0 N–H and O–H groups in total. The van der Waals surface area contributed by atoms with Gasteiger partial charge in [0.05, 0.1) is 12.7 Å². The van der Waals surface area contributed by atoms with Crippen molar-refractivity contribution in [3.8, 4) is 80.1 Å². The van der Waals surface area contributed by atoms with Crippen LogP contribution in [0, 0.1) is 27.7 Å². The second kappa shape index (κ2) is 39.6. The van der Waals surface area contributed by atoms with Crippen molar-refractivity contribution in [2.75, 3.05) is 7.11 Å². The van der Waals surface area contributed by atoms with Gasteiger partial charge in [0.15, 0.2) is 23.0 Å². The number of carbonyl (C=O) groups is 1. The minimum absolute atomic E-state index is 0.262. The molecule has 0 spiro atoms. The highest BCUT2D eigenvalue weighted by atomic mass is 16.5. The van der Waals surface area contributed by atoms with Gasteiger partial charge in [-0.25, -0.2) is 4.79 Å². The quantitative estimate of drug-likeness (QED) is 0.0339. The van der Waals surface area contributed by atoms with Crippen molar-refractivity contribution in [2.24, 2.45) is 0 Å². The van der Waals surface area contributed by atoms with Crippen LogP contribution in [0.25, 0.3) is 11.1 Å². The predicted octanol–water partition coefficient (Wildman–Crippen LogP) is 23.3. The van der Waals surface area contributed by atoms with E-state index in [4.69, 9.17) is 61.6 Å². The maximum atomic E-state index is 12.4. The van der Waals surface area contributed by atoms with E-state index in [1.165, 1.54) is 29.4 Å². The summed E-state index contributed by atoms with van der Waals surface area (Å²) in [4.78, 5) is 12.4. The number of benzene rings is 14. The van der Waals surface area contributed by atoms with E-state index in [1.54, 1.807) is 12.1 Å².